The molecule has 0 unspecified atom stereocenters. The Hall–Kier alpha value is -0.820. The molecular weight excluding hydrogens is 357 g/mol. The van der Waals surface area contributed by atoms with Gasteiger partial charge in [0.15, 0.2) is 0 Å². The third kappa shape index (κ3) is 3.82. The van der Waals surface area contributed by atoms with Crippen molar-refractivity contribution >= 4 is 28.5 Å². The summed E-state index contributed by atoms with van der Waals surface area (Å²) in [7, 11) is 1.81. The van der Waals surface area contributed by atoms with Crippen LogP contribution in [0.5, 0.6) is 5.75 Å². The van der Waals surface area contributed by atoms with Gasteiger partial charge in [-0.15, -0.1) is 0 Å². The molecule has 0 spiro atoms. The number of hydrogen-bond acceptors (Lipinski definition) is 3. The molecule has 0 radical (unpaired) electrons. The SMILES string of the molecule is CN(CC1CCOCC1)C(=O)c1ccc(I)c(O)c1. The van der Waals surface area contributed by atoms with Gasteiger partial charge < -0.3 is 14.7 Å². The van der Waals surface area contributed by atoms with E-state index in [1.54, 1.807) is 17.0 Å². The molecule has 2 rings (SSSR count). The molecule has 4 nitrogen and oxygen atoms in total. The van der Waals surface area contributed by atoms with Crippen LogP contribution >= 0.6 is 22.6 Å². The molecule has 1 N–H and O–H groups in total. The van der Waals surface area contributed by atoms with E-state index in [0.29, 0.717) is 11.5 Å². The van der Waals surface area contributed by atoms with Gasteiger partial charge in [-0.25, -0.2) is 0 Å². The summed E-state index contributed by atoms with van der Waals surface area (Å²) in [5.74, 6) is 0.629. The van der Waals surface area contributed by atoms with E-state index in [4.69, 9.17) is 4.74 Å². The summed E-state index contributed by atoms with van der Waals surface area (Å²) < 4.78 is 6.07. The van der Waals surface area contributed by atoms with Crippen molar-refractivity contribution in [2.24, 2.45) is 5.92 Å². The molecule has 1 aliphatic heterocycles. The first kappa shape index (κ1) is 14.6. The highest BCUT2D eigenvalue weighted by Crippen LogP contribution is 2.22. The minimum atomic E-state index is -0.0433. The summed E-state index contributed by atoms with van der Waals surface area (Å²) in [5.41, 5.74) is 0.535. The van der Waals surface area contributed by atoms with E-state index in [2.05, 4.69) is 0 Å². The average molecular weight is 375 g/mol. The minimum Gasteiger partial charge on any atom is -0.507 e. The van der Waals surface area contributed by atoms with Crippen molar-refractivity contribution in [3.05, 3.63) is 27.3 Å². The predicted octanol–water partition coefficient (Wildman–Crippen LogP) is 2.50. The van der Waals surface area contributed by atoms with Crippen molar-refractivity contribution in [2.45, 2.75) is 12.8 Å². The number of benzene rings is 1. The lowest BCUT2D eigenvalue weighted by Crippen LogP contribution is -2.34. The summed E-state index contributed by atoms with van der Waals surface area (Å²) in [6.07, 6.45) is 2.02. The van der Waals surface area contributed by atoms with Crippen LogP contribution in [0.25, 0.3) is 0 Å². The van der Waals surface area contributed by atoms with Gasteiger partial charge >= 0.3 is 0 Å². The molecule has 5 heteroatoms. The first-order chi connectivity index (χ1) is 9.08. The quantitative estimate of drug-likeness (QED) is 0.826. The Bertz CT molecular complexity index is 458. The maximum Gasteiger partial charge on any atom is 0.253 e. The molecule has 1 aromatic rings. The van der Waals surface area contributed by atoms with E-state index < -0.39 is 0 Å². The topological polar surface area (TPSA) is 49.8 Å². The van der Waals surface area contributed by atoms with E-state index in [0.717, 1.165) is 36.2 Å². The van der Waals surface area contributed by atoms with Gasteiger partial charge in [-0.1, -0.05) is 0 Å². The van der Waals surface area contributed by atoms with Crippen molar-refractivity contribution in [1.82, 2.24) is 4.90 Å². The molecule has 1 amide bonds. The van der Waals surface area contributed by atoms with Crippen LogP contribution in [-0.4, -0.2) is 42.7 Å². The van der Waals surface area contributed by atoms with Crippen LogP contribution in [0.3, 0.4) is 0 Å². The summed E-state index contributed by atoms with van der Waals surface area (Å²) in [4.78, 5) is 14.0. The number of aromatic hydroxyl groups is 1. The Labute approximate surface area is 126 Å². The maximum absolute atomic E-state index is 12.3. The van der Waals surface area contributed by atoms with Crippen molar-refractivity contribution in [3.63, 3.8) is 0 Å². The molecule has 0 aromatic heterocycles. The fraction of sp³-hybridized carbons (Fsp3) is 0.500. The van der Waals surface area contributed by atoms with Crippen LogP contribution in [0.1, 0.15) is 23.2 Å². The number of carbonyl (C=O) groups excluding carboxylic acids is 1. The second-order valence-corrected chi connectivity index (χ2v) is 6.07. The average Bonchev–Trinajstić information content (AvgIpc) is 2.42. The molecule has 19 heavy (non-hydrogen) atoms. The summed E-state index contributed by atoms with van der Waals surface area (Å²) in [6, 6.07) is 5.04. The number of nitrogens with zero attached hydrogens (tertiary/aromatic N) is 1. The van der Waals surface area contributed by atoms with Crippen molar-refractivity contribution in [1.29, 1.82) is 0 Å². The number of halogens is 1. The molecule has 1 aromatic carbocycles. The lowest BCUT2D eigenvalue weighted by Gasteiger charge is -2.27. The van der Waals surface area contributed by atoms with Crippen LogP contribution in [0.4, 0.5) is 0 Å². The third-order valence-corrected chi connectivity index (χ3v) is 4.32. The molecule has 1 heterocycles. The van der Waals surface area contributed by atoms with Crippen molar-refractivity contribution in [2.75, 3.05) is 26.8 Å². The van der Waals surface area contributed by atoms with E-state index in [1.807, 2.05) is 29.6 Å². The lowest BCUT2D eigenvalue weighted by atomic mass is 9.99. The second kappa shape index (κ2) is 6.56. The van der Waals surface area contributed by atoms with Crippen molar-refractivity contribution < 1.29 is 14.6 Å². The van der Waals surface area contributed by atoms with E-state index in [9.17, 15) is 9.90 Å². The zero-order chi connectivity index (χ0) is 13.8. The maximum atomic E-state index is 12.3. The van der Waals surface area contributed by atoms with Gasteiger partial charge in [-0.05, 0) is 59.5 Å². The molecule has 1 aliphatic rings. The van der Waals surface area contributed by atoms with Crippen LogP contribution in [0, 0.1) is 9.49 Å². The summed E-state index contributed by atoms with van der Waals surface area (Å²) in [5, 5.41) is 9.66. The van der Waals surface area contributed by atoms with Gasteiger partial charge in [0.1, 0.15) is 5.75 Å². The van der Waals surface area contributed by atoms with E-state index in [1.165, 1.54) is 6.07 Å². The standard InChI is InChI=1S/C14H18INO3/c1-16(9-10-4-6-19-7-5-10)14(18)11-2-3-12(15)13(17)8-11/h2-3,8,10,17H,4-7,9H2,1H3. The van der Waals surface area contributed by atoms with Gasteiger partial charge in [-0.3, -0.25) is 4.79 Å². The second-order valence-electron chi connectivity index (χ2n) is 4.91. The predicted molar refractivity (Wildman–Crippen MR) is 81.3 cm³/mol. The van der Waals surface area contributed by atoms with Gasteiger partial charge in [0.25, 0.3) is 5.91 Å². The Kier molecular flexibility index (Phi) is 5.04. The first-order valence-electron chi connectivity index (χ1n) is 6.39. The van der Waals surface area contributed by atoms with E-state index >= 15 is 0 Å². The van der Waals surface area contributed by atoms with Gasteiger partial charge in [0.05, 0.1) is 3.57 Å². The number of hydrogen-bond donors (Lipinski definition) is 1. The smallest absolute Gasteiger partial charge is 0.253 e. The Morgan fingerprint density at radius 3 is 2.79 bits per heavy atom. The van der Waals surface area contributed by atoms with Crippen LogP contribution in [-0.2, 0) is 4.74 Å². The number of ether oxygens (including phenoxy) is 1. The fourth-order valence-electron chi connectivity index (χ4n) is 2.27. The number of phenolic OH excluding ortho intramolecular Hbond substituents is 1. The van der Waals surface area contributed by atoms with Crippen LogP contribution in [0.15, 0.2) is 18.2 Å². The highest BCUT2D eigenvalue weighted by molar-refractivity contribution is 14.1. The molecule has 0 bridgehead atoms. The highest BCUT2D eigenvalue weighted by atomic mass is 127. The zero-order valence-electron chi connectivity index (χ0n) is 10.9. The molecule has 104 valence electrons. The molecule has 0 atom stereocenters. The lowest BCUT2D eigenvalue weighted by molar-refractivity contribution is 0.0497. The van der Waals surface area contributed by atoms with Crippen molar-refractivity contribution in [3.8, 4) is 5.75 Å². The number of carbonyl (C=O) groups is 1. The van der Waals surface area contributed by atoms with Gasteiger partial charge in [-0.2, -0.15) is 0 Å². The summed E-state index contributed by atoms with van der Waals surface area (Å²) in [6.45, 7) is 2.32. The Balaban J connectivity index is 1.99. The zero-order valence-corrected chi connectivity index (χ0v) is 13.1. The molecule has 0 saturated carbocycles. The molecule has 0 aliphatic carbocycles. The number of rotatable bonds is 3. The fourth-order valence-corrected chi connectivity index (χ4v) is 2.60. The summed E-state index contributed by atoms with van der Waals surface area (Å²) >= 11 is 2.04. The van der Waals surface area contributed by atoms with Crippen LogP contribution < -0.4 is 0 Å². The Morgan fingerprint density at radius 2 is 2.16 bits per heavy atom. The number of amides is 1. The third-order valence-electron chi connectivity index (χ3n) is 3.41. The first-order valence-corrected chi connectivity index (χ1v) is 7.47. The highest BCUT2D eigenvalue weighted by Gasteiger charge is 2.19. The Morgan fingerprint density at radius 1 is 1.47 bits per heavy atom. The molecule has 1 saturated heterocycles. The minimum absolute atomic E-state index is 0.0433. The van der Waals surface area contributed by atoms with E-state index in [-0.39, 0.29) is 11.7 Å². The normalized spacial score (nSPS) is 16.3. The monoisotopic (exact) mass is 375 g/mol. The number of phenols is 1. The van der Waals surface area contributed by atoms with Gasteiger partial charge in [0, 0.05) is 32.4 Å². The molecule has 1 fully saturated rings. The van der Waals surface area contributed by atoms with Crippen LogP contribution in [0.2, 0.25) is 0 Å². The molecular formula is C14H18INO3. The van der Waals surface area contributed by atoms with Gasteiger partial charge in [0.2, 0.25) is 0 Å². The largest absolute Gasteiger partial charge is 0.507 e.